The summed E-state index contributed by atoms with van der Waals surface area (Å²) >= 11 is 12.8. The second kappa shape index (κ2) is 9.61. The number of thioether (sulfide) groups is 1. The lowest BCUT2D eigenvalue weighted by atomic mass is 10.2. The number of rotatable bonds is 6. The van der Waals surface area contributed by atoms with Gasteiger partial charge in [-0.3, -0.25) is 14.5 Å². The molecule has 1 fully saturated rings. The second-order valence-electron chi connectivity index (χ2n) is 6.92. The molecule has 0 bridgehead atoms. The van der Waals surface area contributed by atoms with Gasteiger partial charge in [0, 0.05) is 10.0 Å². The second-order valence-corrected chi connectivity index (χ2v) is 10.3. The number of carbonyl (C=O) groups is 2. The molecule has 0 atom stereocenters. The van der Waals surface area contributed by atoms with Crippen LogP contribution >= 0.6 is 35.0 Å². The van der Waals surface area contributed by atoms with E-state index in [0.29, 0.717) is 21.2 Å². The van der Waals surface area contributed by atoms with Crippen molar-refractivity contribution >= 4 is 62.3 Å². The summed E-state index contributed by atoms with van der Waals surface area (Å²) in [5, 5.41) is 0.454. The zero-order chi connectivity index (χ0) is 23.6. The highest BCUT2D eigenvalue weighted by Crippen LogP contribution is 2.34. The van der Waals surface area contributed by atoms with Gasteiger partial charge in [-0.1, -0.05) is 53.5 Å². The van der Waals surface area contributed by atoms with Crippen LogP contribution in [0, 0.1) is 0 Å². The molecule has 1 aliphatic heterocycles. The summed E-state index contributed by atoms with van der Waals surface area (Å²) in [6, 6.07) is 18.8. The molecule has 3 aromatic carbocycles. The van der Waals surface area contributed by atoms with E-state index in [1.54, 1.807) is 36.4 Å². The van der Waals surface area contributed by atoms with Gasteiger partial charge in [-0.15, -0.1) is 0 Å². The molecule has 33 heavy (non-hydrogen) atoms. The first kappa shape index (κ1) is 23.4. The number of nitrogens with zero attached hydrogens (tertiary/aromatic N) is 1. The zero-order valence-electron chi connectivity index (χ0n) is 16.8. The van der Waals surface area contributed by atoms with Gasteiger partial charge in [0.2, 0.25) is 0 Å². The van der Waals surface area contributed by atoms with Crippen LogP contribution < -0.4 is 4.18 Å². The topological polar surface area (TPSA) is 80.8 Å². The molecule has 1 aliphatic rings. The Balaban J connectivity index is 1.53. The van der Waals surface area contributed by atoms with Gasteiger partial charge in [-0.05, 0) is 71.4 Å². The van der Waals surface area contributed by atoms with Crippen molar-refractivity contribution in [2.24, 2.45) is 0 Å². The normalized spacial score (nSPS) is 15.3. The first-order valence-electron chi connectivity index (χ1n) is 9.52. The molecule has 0 radical (unpaired) electrons. The van der Waals surface area contributed by atoms with E-state index in [0.717, 1.165) is 16.7 Å². The van der Waals surface area contributed by atoms with E-state index in [-0.39, 0.29) is 22.1 Å². The fourth-order valence-corrected chi connectivity index (χ4v) is 5.10. The van der Waals surface area contributed by atoms with Crippen molar-refractivity contribution in [3.8, 4) is 5.75 Å². The fraction of sp³-hybridized carbons (Fsp3) is 0.0435. The van der Waals surface area contributed by atoms with Gasteiger partial charge in [0.25, 0.3) is 11.1 Å². The summed E-state index contributed by atoms with van der Waals surface area (Å²) in [5.74, 6) is -0.390. The Hall–Kier alpha value is -2.78. The molecular weight excluding hydrogens is 505 g/mol. The molecule has 4 rings (SSSR count). The highest BCUT2D eigenvalue weighted by molar-refractivity contribution is 8.18. The van der Waals surface area contributed by atoms with Crippen molar-refractivity contribution in [1.29, 1.82) is 0 Å². The molecule has 2 amide bonds. The van der Waals surface area contributed by atoms with E-state index < -0.39 is 21.3 Å². The van der Waals surface area contributed by atoms with Crippen LogP contribution in [0.5, 0.6) is 5.75 Å². The van der Waals surface area contributed by atoms with E-state index in [4.69, 9.17) is 27.4 Å². The molecule has 0 unspecified atom stereocenters. The molecule has 10 heteroatoms. The number of carbonyl (C=O) groups excluding carboxylic acids is 2. The molecule has 1 saturated heterocycles. The maximum atomic E-state index is 12.8. The first-order chi connectivity index (χ1) is 15.7. The number of hydrogen-bond donors (Lipinski definition) is 0. The minimum absolute atomic E-state index is 0.0435. The molecule has 3 aromatic rings. The van der Waals surface area contributed by atoms with E-state index in [1.807, 2.05) is 0 Å². The van der Waals surface area contributed by atoms with Crippen LogP contribution in [-0.4, -0.2) is 24.5 Å². The third kappa shape index (κ3) is 5.42. The lowest BCUT2D eigenvalue weighted by Gasteiger charge is -2.13. The van der Waals surface area contributed by atoms with E-state index >= 15 is 0 Å². The Kier molecular flexibility index (Phi) is 6.81. The summed E-state index contributed by atoms with van der Waals surface area (Å²) in [5.41, 5.74) is 1.16. The number of benzene rings is 3. The van der Waals surface area contributed by atoms with Crippen LogP contribution in [0.4, 0.5) is 4.79 Å². The van der Waals surface area contributed by atoms with Crippen molar-refractivity contribution in [2.45, 2.75) is 11.4 Å². The third-order valence-electron chi connectivity index (χ3n) is 4.62. The van der Waals surface area contributed by atoms with Crippen molar-refractivity contribution in [3.63, 3.8) is 0 Å². The monoisotopic (exact) mass is 519 g/mol. The zero-order valence-corrected chi connectivity index (χ0v) is 19.9. The van der Waals surface area contributed by atoms with Gasteiger partial charge < -0.3 is 4.18 Å². The van der Waals surface area contributed by atoms with Crippen LogP contribution in [0.1, 0.15) is 11.1 Å². The van der Waals surface area contributed by atoms with E-state index in [1.165, 1.54) is 42.5 Å². The number of amides is 2. The smallest absolute Gasteiger partial charge is 0.339 e. The van der Waals surface area contributed by atoms with Crippen molar-refractivity contribution in [2.75, 3.05) is 0 Å². The lowest BCUT2D eigenvalue weighted by Crippen LogP contribution is -2.27. The Bertz CT molecular complexity index is 1370. The summed E-state index contributed by atoms with van der Waals surface area (Å²) in [7, 11) is -4.07. The fourth-order valence-electron chi connectivity index (χ4n) is 3.02. The molecule has 168 valence electrons. The summed E-state index contributed by atoms with van der Waals surface area (Å²) in [6.07, 6.45) is 1.51. The molecule has 0 aliphatic carbocycles. The van der Waals surface area contributed by atoms with Crippen molar-refractivity contribution < 1.29 is 22.2 Å². The van der Waals surface area contributed by atoms with Gasteiger partial charge in [0.15, 0.2) is 0 Å². The standard InChI is InChI=1S/C23H15Cl2NO5S2/c24-17-8-10-19(11-9-17)33(29,30)31-18-6-3-4-15(12-18)13-21-22(27)26(23(28)32-21)14-16-5-1-2-7-20(16)25/h1-13H,14H2/b21-13-. The Morgan fingerprint density at radius 1 is 0.939 bits per heavy atom. The predicted octanol–water partition coefficient (Wildman–Crippen LogP) is 6.00. The summed E-state index contributed by atoms with van der Waals surface area (Å²) in [4.78, 5) is 26.5. The molecule has 0 N–H and O–H groups in total. The first-order valence-corrected chi connectivity index (χ1v) is 12.5. The quantitative estimate of drug-likeness (QED) is 0.293. The summed E-state index contributed by atoms with van der Waals surface area (Å²) < 4.78 is 30.2. The van der Waals surface area contributed by atoms with Crippen LogP contribution in [0.25, 0.3) is 6.08 Å². The van der Waals surface area contributed by atoms with Gasteiger partial charge >= 0.3 is 10.1 Å². The van der Waals surface area contributed by atoms with Gasteiger partial charge in [0.05, 0.1) is 11.4 Å². The maximum Gasteiger partial charge on any atom is 0.339 e. The lowest BCUT2D eigenvalue weighted by molar-refractivity contribution is -0.123. The van der Waals surface area contributed by atoms with E-state index in [2.05, 4.69) is 0 Å². The minimum Gasteiger partial charge on any atom is -0.379 e. The van der Waals surface area contributed by atoms with E-state index in [9.17, 15) is 18.0 Å². The third-order valence-corrected chi connectivity index (χ3v) is 7.41. The largest absolute Gasteiger partial charge is 0.379 e. The predicted molar refractivity (Wildman–Crippen MR) is 129 cm³/mol. The van der Waals surface area contributed by atoms with Gasteiger partial charge in [0.1, 0.15) is 10.6 Å². The van der Waals surface area contributed by atoms with Crippen molar-refractivity contribution in [1.82, 2.24) is 4.90 Å². The molecule has 0 aromatic heterocycles. The highest BCUT2D eigenvalue weighted by Gasteiger charge is 2.35. The SMILES string of the molecule is O=C1S/C(=C\c2cccc(OS(=O)(=O)c3ccc(Cl)cc3)c2)C(=O)N1Cc1ccccc1Cl. The molecule has 0 saturated carbocycles. The molecule has 0 spiro atoms. The molecular formula is C23H15Cl2NO5S2. The number of halogens is 2. The molecule has 1 heterocycles. The van der Waals surface area contributed by atoms with Gasteiger partial charge in [-0.2, -0.15) is 8.42 Å². The average molecular weight is 520 g/mol. The Labute approximate surface area is 204 Å². The van der Waals surface area contributed by atoms with Crippen LogP contribution in [0.2, 0.25) is 10.0 Å². The van der Waals surface area contributed by atoms with Crippen LogP contribution in [0.3, 0.4) is 0 Å². The number of hydrogen-bond acceptors (Lipinski definition) is 6. The van der Waals surface area contributed by atoms with Crippen LogP contribution in [-0.2, 0) is 21.5 Å². The van der Waals surface area contributed by atoms with Crippen LogP contribution in [0.15, 0.2) is 82.6 Å². The van der Waals surface area contributed by atoms with Gasteiger partial charge in [-0.25, -0.2) is 0 Å². The average Bonchev–Trinajstić information content (AvgIpc) is 3.03. The number of imide groups is 1. The molecule has 6 nitrogen and oxygen atoms in total. The summed E-state index contributed by atoms with van der Waals surface area (Å²) in [6.45, 7) is 0.0597. The van der Waals surface area contributed by atoms with Crippen molar-refractivity contribution in [3.05, 3.63) is 98.9 Å². The Morgan fingerprint density at radius 2 is 1.67 bits per heavy atom. The minimum atomic E-state index is -4.07. The highest BCUT2D eigenvalue weighted by atomic mass is 35.5. The maximum absolute atomic E-state index is 12.8. The Morgan fingerprint density at radius 3 is 2.39 bits per heavy atom.